The SMILES string of the molecule is COc1ccccc1C1(O)CN(C(=O)c2ccc(CS(=O)(=O)c3cccc4cccnc34)cc2)C1. The molecule has 0 saturated carbocycles. The van der Waals surface area contributed by atoms with E-state index in [4.69, 9.17) is 4.74 Å². The van der Waals surface area contributed by atoms with Gasteiger partial charge in [0.05, 0.1) is 36.4 Å². The molecule has 0 aliphatic carbocycles. The highest BCUT2D eigenvalue weighted by Crippen LogP contribution is 2.37. The number of para-hydroxylation sites is 2. The lowest BCUT2D eigenvalue weighted by atomic mass is 9.85. The van der Waals surface area contributed by atoms with Crippen LogP contribution in [0, 0.1) is 0 Å². The third-order valence-corrected chi connectivity index (χ3v) is 8.00. The van der Waals surface area contributed by atoms with E-state index in [0.29, 0.717) is 28.0 Å². The summed E-state index contributed by atoms with van der Waals surface area (Å²) in [5, 5.41) is 11.7. The molecule has 0 bridgehead atoms. The number of carbonyl (C=O) groups excluding carboxylic acids is 1. The monoisotopic (exact) mass is 488 g/mol. The van der Waals surface area contributed by atoms with E-state index in [-0.39, 0.29) is 29.6 Å². The van der Waals surface area contributed by atoms with E-state index in [1.54, 1.807) is 72.8 Å². The lowest BCUT2D eigenvalue weighted by molar-refractivity contribution is -0.0874. The molecule has 1 saturated heterocycles. The first-order chi connectivity index (χ1) is 16.8. The van der Waals surface area contributed by atoms with Crippen molar-refractivity contribution in [3.63, 3.8) is 0 Å². The van der Waals surface area contributed by atoms with Gasteiger partial charge in [0.2, 0.25) is 0 Å². The van der Waals surface area contributed by atoms with Crippen LogP contribution in [0.3, 0.4) is 0 Å². The minimum absolute atomic E-state index is 0.149. The topological polar surface area (TPSA) is 96.8 Å². The van der Waals surface area contributed by atoms with E-state index < -0.39 is 15.4 Å². The molecular formula is C27H24N2O5S. The third-order valence-electron chi connectivity index (χ3n) is 6.29. The van der Waals surface area contributed by atoms with E-state index in [0.717, 1.165) is 5.39 Å². The summed E-state index contributed by atoms with van der Waals surface area (Å²) in [6, 6.07) is 22.4. The number of likely N-dealkylation sites (tertiary alicyclic amines) is 1. The highest BCUT2D eigenvalue weighted by atomic mass is 32.2. The Morgan fingerprint density at radius 1 is 1.00 bits per heavy atom. The number of rotatable bonds is 6. The number of sulfone groups is 1. The van der Waals surface area contributed by atoms with Crippen LogP contribution in [0.4, 0.5) is 0 Å². The molecule has 8 heteroatoms. The van der Waals surface area contributed by atoms with Crippen molar-refractivity contribution in [2.45, 2.75) is 16.2 Å². The van der Waals surface area contributed by atoms with Crippen LogP contribution in [0.1, 0.15) is 21.5 Å². The number of methoxy groups -OCH3 is 1. The summed E-state index contributed by atoms with van der Waals surface area (Å²) in [4.78, 5) is 18.9. The predicted molar refractivity (Wildman–Crippen MR) is 132 cm³/mol. The van der Waals surface area contributed by atoms with E-state index >= 15 is 0 Å². The van der Waals surface area contributed by atoms with Crippen molar-refractivity contribution in [2.75, 3.05) is 20.2 Å². The van der Waals surface area contributed by atoms with Crippen LogP contribution in [0.15, 0.2) is 90.0 Å². The van der Waals surface area contributed by atoms with E-state index in [1.807, 2.05) is 24.3 Å². The molecule has 2 heterocycles. The number of aromatic nitrogens is 1. The average Bonchev–Trinajstić information content (AvgIpc) is 2.86. The average molecular weight is 489 g/mol. The molecule has 3 aromatic carbocycles. The number of pyridine rings is 1. The van der Waals surface area contributed by atoms with Crippen molar-refractivity contribution < 1.29 is 23.1 Å². The van der Waals surface area contributed by atoms with Crippen LogP contribution in [-0.2, 0) is 21.2 Å². The fourth-order valence-electron chi connectivity index (χ4n) is 4.48. The second-order valence-corrected chi connectivity index (χ2v) is 10.6. The summed E-state index contributed by atoms with van der Waals surface area (Å²) >= 11 is 0. The number of hydrogen-bond acceptors (Lipinski definition) is 6. The van der Waals surface area contributed by atoms with Crippen molar-refractivity contribution in [3.8, 4) is 5.75 Å². The minimum Gasteiger partial charge on any atom is -0.496 e. The van der Waals surface area contributed by atoms with Crippen LogP contribution < -0.4 is 4.74 Å². The van der Waals surface area contributed by atoms with Crippen LogP contribution in [0.25, 0.3) is 10.9 Å². The molecule has 1 N–H and O–H groups in total. The maximum Gasteiger partial charge on any atom is 0.254 e. The van der Waals surface area contributed by atoms with Crippen molar-refractivity contribution in [1.29, 1.82) is 0 Å². The Morgan fingerprint density at radius 2 is 1.71 bits per heavy atom. The number of benzene rings is 3. The Labute approximate surface area is 203 Å². The number of β-amino-alcohol motifs (C(OH)–C–C–N with tert-alkyl or cyclic N) is 1. The number of nitrogens with zero attached hydrogens (tertiary/aromatic N) is 2. The number of carbonyl (C=O) groups is 1. The lowest BCUT2D eigenvalue weighted by Gasteiger charge is -2.47. The largest absolute Gasteiger partial charge is 0.496 e. The Bertz CT molecular complexity index is 1510. The van der Waals surface area contributed by atoms with Gasteiger partial charge in [0.1, 0.15) is 11.4 Å². The van der Waals surface area contributed by atoms with E-state index in [9.17, 15) is 18.3 Å². The fourth-order valence-corrected chi connectivity index (χ4v) is 6.02. The summed E-state index contributed by atoms with van der Waals surface area (Å²) in [5.41, 5.74) is 0.934. The Kier molecular flexibility index (Phi) is 5.78. The van der Waals surface area contributed by atoms with E-state index in [1.165, 1.54) is 0 Å². The summed E-state index contributed by atoms with van der Waals surface area (Å²) < 4.78 is 31.5. The molecule has 0 unspecified atom stereocenters. The molecule has 1 aliphatic heterocycles. The zero-order valence-electron chi connectivity index (χ0n) is 19.1. The molecular weight excluding hydrogens is 464 g/mol. The van der Waals surface area contributed by atoms with Crippen LogP contribution >= 0.6 is 0 Å². The molecule has 0 atom stereocenters. The predicted octanol–water partition coefficient (Wildman–Crippen LogP) is 3.56. The van der Waals surface area contributed by atoms with Crippen molar-refractivity contribution in [3.05, 3.63) is 102 Å². The Hall–Kier alpha value is -3.75. The van der Waals surface area contributed by atoms with Gasteiger partial charge in [-0.1, -0.05) is 48.5 Å². The summed E-state index contributed by atoms with van der Waals surface area (Å²) in [6.07, 6.45) is 1.58. The quantitative estimate of drug-likeness (QED) is 0.446. The summed E-state index contributed by atoms with van der Waals surface area (Å²) in [5.74, 6) is 0.153. The van der Waals surface area contributed by atoms with Gasteiger partial charge >= 0.3 is 0 Å². The molecule has 0 radical (unpaired) electrons. The number of aliphatic hydroxyl groups is 1. The van der Waals surface area contributed by atoms with Gasteiger partial charge in [-0.2, -0.15) is 0 Å². The van der Waals surface area contributed by atoms with E-state index in [2.05, 4.69) is 4.98 Å². The zero-order chi connectivity index (χ0) is 24.6. The highest BCUT2D eigenvalue weighted by Gasteiger charge is 2.46. The standard InChI is InChI=1S/C27H24N2O5S/c1-34-23-9-3-2-8-22(23)27(31)17-29(18-27)26(30)21-13-11-19(12-14-21)16-35(32,33)24-10-4-6-20-7-5-15-28-25(20)24/h2-15,31H,16-18H2,1H3. The Morgan fingerprint density at radius 3 is 2.46 bits per heavy atom. The van der Waals surface area contributed by atoms with Gasteiger partial charge < -0.3 is 14.7 Å². The minimum atomic E-state index is -3.64. The summed E-state index contributed by atoms with van der Waals surface area (Å²) in [7, 11) is -2.09. The van der Waals surface area contributed by atoms with Crippen LogP contribution in [0.2, 0.25) is 0 Å². The first kappa shape index (κ1) is 23.0. The van der Waals surface area contributed by atoms with Crippen molar-refractivity contribution in [1.82, 2.24) is 9.88 Å². The molecule has 7 nitrogen and oxygen atoms in total. The molecule has 5 rings (SSSR count). The molecule has 1 aromatic heterocycles. The second-order valence-electron chi connectivity index (χ2n) is 8.68. The number of fused-ring (bicyclic) bond motifs is 1. The maximum absolute atomic E-state index is 13.1. The number of amides is 1. The van der Waals surface area contributed by atoms with Crippen LogP contribution in [-0.4, -0.2) is 49.5 Å². The first-order valence-corrected chi connectivity index (χ1v) is 12.8. The van der Waals surface area contributed by atoms with Gasteiger partial charge in [-0.15, -0.1) is 0 Å². The third kappa shape index (κ3) is 4.26. The maximum atomic E-state index is 13.1. The van der Waals surface area contributed by atoms with Crippen LogP contribution in [0.5, 0.6) is 5.75 Å². The van der Waals surface area contributed by atoms with Gasteiger partial charge in [-0.25, -0.2) is 8.42 Å². The summed E-state index contributed by atoms with van der Waals surface area (Å²) in [6.45, 7) is 0.298. The van der Waals surface area contributed by atoms with Gasteiger partial charge in [0.15, 0.2) is 9.84 Å². The molecule has 35 heavy (non-hydrogen) atoms. The second kappa shape index (κ2) is 8.79. The van der Waals surface area contributed by atoms with Crippen molar-refractivity contribution in [2.24, 2.45) is 0 Å². The normalized spacial score (nSPS) is 15.0. The molecule has 1 fully saturated rings. The zero-order valence-corrected chi connectivity index (χ0v) is 19.9. The van der Waals surface area contributed by atoms with Gasteiger partial charge in [-0.05, 0) is 35.9 Å². The lowest BCUT2D eigenvalue weighted by Crippen LogP contribution is -2.61. The Balaban J connectivity index is 1.29. The molecule has 4 aromatic rings. The first-order valence-electron chi connectivity index (χ1n) is 11.1. The van der Waals surface area contributed by atoms with Gasteiger partial charge in [0.25, 0.3) is 5.91 Å². The number of hydrogen-bond donors (Lipinski definition) is 1. The fraction of sp³-hybridized carbons (Fsp3) is 0.185. The number of ether oxygens (including phenoxy) is 1. The molecule has 0 spiro atoms. The molecule has 1 amide bonds. The van der Waals surface area contributed by atoms with Gasteiger partial charge in [0, 0.05) is 22.7 Å². The molecule has 1 aliphatic rings. The van der Waals surface area contributed by atoms with Gasteiger partial charge in [-0.3, -0.25) is 9.78 Å². The van der Waals surface area contributed by atoms with Crippen molar-refractivity contribution >= 4 is 26.6 Å². The smallest absolute Gasteiger partial charge is 0.254 e. The molecule has 178 valence electrons. The highest BCUT2D eigenvalue weighted by molar-refractivity contribution is 7.90.